The van der Waals surface area contributed by atoms with Crippen molar-refractivity contribution in [1.29, 1.82) is 0 Å². The third-order valence-electron chi connectivity index (χ3n) is 2.70. The molecule has 2 N–H and O–H groups in total. The molecule has 0 aliphatic heterocycles. The molecule has 1 atom stereocenters. The Morgan fingerprint density at radius 2 is 2.29 bits per heavy atom. The van der Waals surface area contributed by atoms with Crippen molar-refractivity contribution in [2.24, 2.45) is 5.73 Å². The topological polar surface area (TPSA) is 56.7 Å². The molecule has 2 rings (SSSR count). The molecule has 0 radical (unpaired) electrons. The molecule has 2 aromatic rings. The van der Waals surface area contributed by atoms with Gasteiger partial charge in [-0.1, -0.05) is 13.0 Å². The predicted octanol–water partition coefficient (Wildman–Crippen LogP) is 1.69. The van der Waals surface area contributed by atoms with Crippen LogP contribution in [0.15, 0.2) is 30.9 Å². The Morgan fingerprint density at radius 1 is 1.47 bits per heavy atom. The molecule has 0 bridgehead atoms. The normalized spacial score (nSPS) is 12.6. The van der Waals surface area contributed by atoms with Crippen LogP contribution in [0.3, 0.4) is 0 Å². The van der Waals surface area contributed by atoms with Gasteiger partial charge in [-0.3, -0.25) is 0 Å². The quantitative estimate of drug-likeness (QED) is 0.875. The van der Waals surface area contributed by atoms with Crippen LogP contribution in [0.4, 0.5) is 4.39 Å². The van der Waals surface area contributed by atoms with Gasteiger partial charge in [0, 0.05) is 6.04 Å². The zero-order chi connectivity index (χ0) is 12.3. The molecule has 0 aliphatic carbocycles. The highest BCUT2D eigenvalue weighted by Crippen LogP contribution is 2.15. The van der Waals surface area contributed by atoms with E-state index in [1.165, 1.54) is 23.4 Å². The fraction of sp³-hybridized carbons (Fsp3) is 0.333. The first-order valence-corrected chi connectivity index (χ1v) is 5.59. The van der Waals surface area contributed by atoms with Crippen LogP contribution in [-0.4, -0.2) is 20.8 Å². The summed E-state index contributed by atoms with van der Waals surface area (Å²) in [6.07, 6.45) is 4.41. The smallest absolute Gasteiger partial charge is 0.149 e. The summed E-state index contributed by atoms with van der Waals surface area (Å²) in [5, 5.41) is 3.89. The summed E-state index contributed by atoms with van der Waals surface area (Å²) in [4.78, 5) is 3.79. The second-order valence-corrected chi connectivity index (χ2v) is 4.00. The lowest BCUT2D eigenvalue weighted by molar-refractivity contribution is 0.601. The average Bonchev–Trinajstić information content (AvgIpc) is 2.82. The van der Waals surface area contributed by atoms with Gasteiger partial charge in [-0.2, -0.15) is 5.10 Å². The molecule has 0 saturated carbocycles. The van der Waals surface area contributed by atoms with Crippen molar-refractivity contribution >= 4 is 0 Å². The Balaban J connectivity index is 2.23. The second kappa shape index (κ2) is 5.05. The van der Waals surface area contributed by atoms with E-state index in [9.17, 15) is 4.39 Å². The Morgan fingerprint density at radius 3 is 2.88 bits per heavy atom. The van der Waals surface area contributed by atoms with Gasteiger partial charge >= 0.3 is 0 Å². The molecule has 1 aromatic carbocycles. The first-order chi connectivity index (χ1) is 8.20. The SMILES string of the molecule is CCC(N)Cc1ccc(-n2cncn2)c(F)c1. The van der Waals surface area contributed by atoms with Crippen LogP contribution in [0, 0.1) is 5.82 Å². The van der Waals surface area contributed by atoms with Gasteiger partial charge in [-0.25, -0.2) is 14.1 Å². The van der Waals surface area contributed by atoms with Gasteiger partial charge in [-0.05, 0) is 30.5 Å². The number of rotatable bonds is 4. The highest BCUT2D eigenvalue weighted by Gasteiger charge is 2.08. The Kier molecular flexibility index (Phi) is 3.49. The highest BCUT2D eigenvalue weighted by atomic mass is 19.1. The first-order valence-electron chi connectivity index (χ1n) is 5.59. The Hall–Kier alpha value is -1.75. The number of halogens is 1. The van der Waals surface area contributed by atoms with E-state index < -0.39 is 0 Å². The van der Waals surface area contributed by atoms with Crippen molar-refractivity contribution in [3.63, 3.8) is 0 Å². The zero-order valence-corrected chi connectivity index (χ0v) is 9.68. The van der Waals surface area contributed by atoms with Gasteiger partial charge < -0.3 is 5.73 Å². The maximum Gasteiger partial charge on any atom is 0.149 e. The van der Waals surface area contributed by atoms with Crippen LogP contribution in [0.5, 0.6) is 0 Å². The van der Waals surface area contributed by atoms with Gasteiger partial charge in [0.25, 0.3) is 0 Å². The van der Waals surface area contributed by atoms with Gasteiger partial charge in [0.15, 0.2) is 0 Å². The lowest BCUT2D eigenvalue weighted by Crippen LogP contribution is -2.21. The standard InChI is InChI=1S/C12H15FN4/c1-2-10(14)5-9-3-4-12(11(13)6-9)17-8-15-7-16-17/h3-4,6-8,10H,2,5,14H2,1H3. The van der Waals surface area contributed by atoms with E-state index in [0.717, 1.165) is 12.0 Å². The van der Waals surface area contributed by atoms with E-state index in [2.05, 4.69) is 10.1 Å². The molecule has 0 fully saturated rings. The molecule has 0 spiro atoms. The number of nitrogens with two attached hydrogens (primary N) is 1. The maximum atomic E-state index is 13.8. The monoisotopic (exact) mass is 234 g/mol. The summed E-state index contributed by atoms with van der Waals surface area (Å²) in [7, 11) is 0. The molecule has 4 nitrogen and oxygen atoms in total. The third kappa shape index (κ3) is 2.68. The minimum absolute atomic E-state index is 0.0756. The summed E-state index contributed by atoms with van der Waals surface area (Å²) in [5.41, 5.74) is 7.14. The molecule has 17 heavy (non-hydrogen) atoms. The minimum atomic E-state index is -0.309. The van der Waals surface area contributed by atoms with Crippen LogP contribution in [0.25, 0.3) is 5.69 Å². The molecular weight excluding hydrogens is 219 g/mol. The average molecular weight is 234 g/mol. The van der Waals surface area contributed by atoms with Crippen molar-refractivity contribution in [3.05, 3.63) is 42.2 Å². The van der Waals surface area contributed by atoms with E-state index in [4.69, 9.17) is 5.73 Å². The number of hydrogen-bond donors (Lipinski definition) is 1. The number of benzene rings is 1. The number of aromatic nitrogens is 3. The number of hydrogen-bond acceptors (Lipinski definition) is 3. The molecule has 0 amide bonds. The molecular formula is C12H15FN4. The lowest BCUT2D eigenvalue weighted by atomic mass is 10.0. The molecule has 1 unspecified atom stereocenters. The Labute approximate surface area is 99.3 Å². The molecule has 90 valence electrons. The molecule has 0 saturated heterocycles. The summed E-state index contributed by atoms with van der Waals surface area (Å²) in [5.74, 6) is -0.309. The van der Waals surface area contributed by atoms with Gasteiger partial charge in [0.05, 0.1) is 0 Å². The fourth-order valence-electron chi connectivity index (χ4n) is 1.64. The van der Waals surface area contributed by atoms with Crippen molar-refractivity contribution < 1.29 is 4.39 Å². The van der Waals surface area contributed by atoms with Crippen molar-refractivity contribution in [2.45, 2.75) is 25.8 Å². The Bertz CT molecular complexity index is 481. The zero-order valence-electron chi connectivity index (χ0n) is 9.68. The third-order valence-corrected chi connectivity index (χ3v) is 2.70. The van der Waals surface area contributed by atoms with E-state index in [1.54, 1.807) is 6.07 Å². The highest BCUT2D eigenvalue weighted by molar-refractivity contribution is 5.35. The fourth-order valence-corrected chi connectivity index (χ4v) is 1.64. The molecule has 1 aromatic heterocycles. The summed E-state index contributed by atoms with van der Waals surface area (Å²) in [6.45, 7) is 2.02. The summed E-state index contributed by atoms with van der Waals surface area (Å²) >= 11 is 0. The second-order valence-electron chi connectivity index (χ2n) is 4.00. The van der Waals surface area contributed by atoms with E-state index in [-0.39, 0.29) is 11.9 Å². The number of nitrogens with zero attached hydrogens (tertiary/aromatic N) is 3. The summed E-state index contributed by atoms with van der Waals surface area (Å²) in [6, 6.07) is 5.15. The predicted molar refractivity (Wildman–Crippen MR) is 63.3 cm³/mol. The van der Waals surface area contributed by atoms with E-state index >= 15 is 0 Å². The minimum Gasteiger partial charge on any atom is -0.327 e. The van der Waals surface area contributed by atoms with Crippen molar-refractivity contribution in [2.75, 3.05) is 0 Å². The maximum absolute atomic E-state index is 13.8. The van der Waals surface area contributed by atoms with Crippen LogP contribution in [-0.2, 0) is 6.42 Å². The summed E-state index contributed by atoms with van der Waals surface area (Å²) < 4.78 is 15.2. The van der Waals surface area contributed by atoms with Crippen LogP contribution in [0.2, 0.25) is 0 Å². The molecule has 1 heterocycles. The lowest BCUT2D eigenvalue weighted by Gasteiger charge is -2.10. The molecule has 5 heteroatoms. The van der Waals surface area contributed by atoms with Gasteiger partial charge in [0.1, 0.15) is 24.2 Å². The van der Waals surface area contributed by atoms with Crippen molar-refractivity contribution in [3.8, 4) is 5.69 Å². The van der Waals surface area contributed by atoms with Gasteiger partial charge in [-0.15, -0.1) is 0 Å². The van der Waals surface area contributed by atoms with Crippen LogP contribution in [0.1, 0.15) is 18.9 Å². The largest absolute Gasteiger partial charge is 0.327 e. The van der Waals surface area contributed by atoms with E-state index in [0.29, 0.717) is 12.1 Å². The first kappa shape index (κ1) is 11.7. The molecule has 0 aliphatic rings. The van der Waals surface area contributed by atoms with Crippen LogP contribution < -0.4 is 5.73 Å². The van der Waals surface area contributed by atoms with Crippen molar-refractivity contribution in [1.82, 2.24) is 14.8 Å². The van der Waals surface area contributed by atoms with Gasteiger partial charge in [0.2, 0.25) is 0 Å². The van der Waals surface area contributed by atoms with Crippen LogP contribution >= 0.6 is 0 Å². The van der Waals surface area contributed by atoms with E-state index in [1.807, 2.05) is 13.0 Å².